The molecule has 0 heterocycles. The molecule has 8 nitrogen and oxygen atoms in total. The fraction of sp³-hybridized carbons (Fsp3) is 0.0833. The minimum absolute atomic E-state index is 0.000207. The largest absolute Gasteiger partial charge is 0.493 e. The van der Waals surface area contributed by atoms with Crippen LogP contribution in [0.15, 0.2) is 71.8 Å². The van der Waals surface area contributed by atoms with Crippen molar-refractivity contribution >= 4 is 41.3 Å². The number of nitrogens with one attached hydrogen (secondary N) is 2. The maximum Gasteiger partial charge on any atom is 0.416 e. The van der Waals surface area contributed by atoms with Crippen LogP contribution in [0.1, 0.15) is 21.5 Å². The topological polar surface area (TPSA) is 106 Å². The lowest BCUT2D eigenvalue weighted by atomic mass is 10.2. The second-order valence-electron chi connectivity index (χ2n) is 7.04. The van der Waals surface area contributed by atoms with E-state index in [1.54, 1.807) is 12.1 Å². The fourth-order valence-electron chi connectivity index (χ4n) is 2.77. The number of alkyl halides is 3. The first-order chi connectivity index (χ1) is 17.1. The summed E-state index contributed by atoms with van der Waals surface area (Å²) in [5.41, 5.74) is 1.78. The van der Waals surface area contributed by atoms with E-state index in [-0.39, 0.29) is 22.7 Å². The Labute approximate surface area is 207 Å². The van der Waals surface area contributed by atoms with E-state index in [2.05, 4.69) is 10.4 Å². The fourth-order valence-corrected chi connectivity index (χ4v) is 2.96. The van der Waals surface area contributed by atoms with Crippen LogP contribution >= 0.6 is 11.6 Å². The molecule has 0 saturated carbocycles. The molecule has 2 N–H and O–H groups in total. The van der Waals surface area contributed by atoms with Gasteiger partial charge in [0.15, 0.2) is 11.5 Å². The predicted octanol–water partition coefficient (Wildman–Crippen LogP) is 4.68. The molecule has 0 aliphatic carbocycles. The van der Waals surface area contributed by atoms with Crippen LogP contribution in [0, 0.1) is 0 Å². The number of hydrogen-bond donors (Lipinski definition) is 2. The van der Waals surface area contributed by atoms with E-state index in [1.165, 1.54) is 43.7 Å². The lowest BCUT2D eigenvalue weighted by molar-refractivity contribution is -0.137. The van der Waals surface area contributed by atoms with Crippen molar-refractivity contribution in [3.63, 3.8) is 0 Å². The highest BCUT2D eigenvalue weighted by Crippen LogP contribution is 2.30. The van der Waals surface area contributed by atoms with E-state index in [0.717, 1.165) is 24.3 Å². The Bertz CT molecular complexity index is 1310. The van der Waals surface area contributed by atoms with Gasteiger partial charge < -0.3 is 14.8 Å². The van der Waals surface area contributed by atoms with Crippen LogP contribution in [-0.2, 0) is 15.8 Å². The molecule has 0 unspecified atom stereocenters. The third-order valence-electron chi connectivity index (χ3n) is 4.51. The monoisotopic (exact) mass is 519 g/mol. The van der Waals surface area contributed by atoms with E-state index in [0.29, 0.717) is 10.6 Å². The quantitative estimate of drug-likeness (QED) is 0.162. The van der Waals surface area contributed by atoms with Crippen LogP contribution in [0.4, 0.5) is 18.9 Å². The Morgan fingerprint density at radius 2 is 1.67 bits per heavy atom. The van der Waals surface area contributed by atoms with Gasteiger partial charge in [0.25, 0.3) is 0 Å². The molecule has 3 rings (SSSR count). The molecule has 0 bridgehead atoms. The van der Waals surface area contributed by atoms with Gasteiger partial charge in [0, 0.05) is 10.7 Å². The third kappa shape index (κ3) is 7.06. The number of benzene rings is 3. The first kappa shape index (κ1) is 26.2. The van der Waals surface area contributed by atoms with Gasteiger partial charge in [-0.25, -0.2) is 10.2 Å². The Hall–Kier alpha value is -4.38. The lowest BCUT2D eigenvalue weighted by Crippen LogP contribution is -2.32. The van der Waals surface area contributed by atoms with Gasteiger partial charge in [-0.3, -0.25) is 9.59 Å². The van der Waals surface area contributed by atoms with Crippen molar-refractivity contribution in [2.75, 3.05) is 12.4 Å². The van der Waals surface area contributed by atoms with Crippen molar-refractivity contribution in [3.05, 3.63) is 88.4 Å². The number of nitrogens with zero attached hydrogens (tertiary/aromatic N) is 1. The molecule has 0 radical (unpaired) electrons. The Morgan fingerprint density at radius 1 is 0.944 bits per heavy atom. The molecule has 3 aromatic carbocycles. The maximum absolute atomic E-state index is 12.6. The number of anilines is 1. The molecular weight excluding hydrogens is 503 g/mol. The number of hydrogen-bond acceptors (Lipinski definition) is 6. The van der Waals surface area contributed by atoms with Crippen LogP contribution in [0.25, 0.3) is 0 Å². The molecule has 3 aromatic rings. The summed E-state index contributed by atoms with van der Waals surface area (Å²) in [4.78, 5) is 36.2. The summed E-state index contributed by atoms with van der Waals surface area (Å²) in [5.74, 6) is -2.61. The SMILES string of the molecule is COc1cc(/C=N/NC(=O)C(=O)Nc2ccc(C(F)(F)F)cc2)ccc1OC(=O)c1cccc(Cl)c1. The third-order valence-corrected chi connectivity index (χ3v) is 4.74. The van der Waals surface area contributed by atoms with E-state index in [4.69, 9.17) is 21.1 Å². The molecule has 0 fully saturated rings. The van der Waals surface area contributed by atoms with Gasteiger partial charge in [-0.15, -0.1) is 0 Å². The predicted molar refractivity (Wildman–Crippen MR) is 125 cm³/mol. The molecule has 186 valence electrons. The van der Waals surface area contributed by atoms with Crippen LogP contribution in [0.3, 0.4) is 0 Å². The molecule has 0 aliphatic rings. The molecule has 36 heavy (non-hydrogen) atoms. The molecule has 0 spiro atoms. The van der Waals surface area contributed by atoms with Crippen molar-refractivity contribution in [3.8, 4) is 11.5 Å². The highest BCUT2D eigenvalue weighted by Gasteiger charge is 2.30. The van der Waals surface area contributed by atoms with Gasteiger partial charge >= 0.3 is 24.0 Å². The minimum Gasteiger partial charge on any atom is -0.493 e. The van der Waals surface area contributed by atoms with Crippen molar-refractivity contribution in [1.29, 1.82) is 0 Å². The van der Waals surface area contributed by atoms with Gasteiger partial charge in [0.2, 0.25) is 0 Å². The molecule has 0 aliphatic heterocycles. The van der Waals surface area contributed by atoms with Crippen molar-refractivity contribution < 1.29 is 37.0 Å². The number of carbonyl (C=O) groups is 3. The summed E-state index contributed by atoms with van der Waals surface area (Å²) in [5, 5.41) is 6.20. The van der Waals surface area contributed by atoms with Crippen LogP contribution in [0.2, 0.25) is 5.02 Å². The number of esters is 1. The summed E-state index contributed by atoms with van der Waals surface area (Å²) in [6.45, 7) is 0. The summed E-state index contributed by atoms with van der Waals surface area (Å²) >= 11 is 5.88. The Morgan fingerprint density at radius 3 is 2.31 bits per heavy atom. The van der Waals surface area contributed by atoms with Crippen molar-refractivity contribution in [1.82, 2.24) is 5.43 Å². The second-order valence-corrected chi connectivity index (χ2v) is 7.47. The van der Waals surface area contributed by atoms with Crippen LogP contribution < -0.4 is 20.2 Å². The molecule has 0 atom stereocenters. The molecule has 0 aromatic heterocycles. The molecule has 12 heteroatoms. The van der Waals surface area contributed by atoms with Crippen LogP contribution in [0.5, 0.6) is 11.5 Å². The number of amides is 2. The minimum atomic E-state index is -4.52. The number of halogens is 4. The normalized spacial score (nSPS) is 11.1. The zero-order valence-electron chi connectivity index (χ0n) is 18.4. The van der Waals surface area contributed by atoms with E-state index in [1.807, 2.05) is 5.43 Å². The zero-order chi connectivity index (χ0) is 26.3. The first-order valence-electron chi connectivity index (χ1n) is 10.0. The zero-order valence-corrected chi connectivity index (χ0v) is 19.2. The first-order valence-corrected chi connectivity index (χ1v) is 10.4. The van der Waals surface area contributed by atoms with Crippen molar-refractivity contribution in [2.45, 2.75) is 6.18 Å². The smallest absolute Gasteiger partial charge is 0.416 e. The molecule has 2 amide bonds. The summed E-state index contributed by atoms with van der Waals surface area (Å²) in [7, 11) is 1.36. The average Bonchev–Trinajstić information content (AvgIpc) is 2.84. The summed E-state index contributed by atoms with van der Waals surface area (Å²) in [6, 6.07) is 14.2. The number of hydrazone groups is 1. The molecular formula is C24H17ClF3N3O5. The van der Waals surface area contributed by atoms with Gasteiger partial charge in [0.05, 0.1) is 24.5 Å². The van der Waals surface area contributed by atoms with Gasteiger partial charge in [-0.1, -0.05) is 17.7 Å². The highest BCUT2D eigenvalue weighted by molar-refractivity contribution is 6.39. The Balaban J connectivity index is 1.58. The molecule has 0 saturated heterocycles. The maximum atomic E-state index is 12.6. The van der Waals surface area contributed by atoms with Crippen LogP contribution in [-0.4, -0.2) is 31.1 Å². The summed E-state index contributed by atoms with van der Waals surface area (Å²) < 4.78 is 48.3. The average molecular weight is 520 g/mol. The lowest BCUT2D eigenvalue weighted by Gasteiger charge is -2.10. The Kier molecular flexibility index (Phi) is 8.28. The van der Waals surface area contributed by atoms with Gasteiger partial charge in [0.1, 0.15) is 0 Å². The number of carbonyl (C=O) groups excluding carboxylic acids is 3. The van der Waals surface area contributed by atoms with E-state index >= 15 is 0 Å². The van der Waals surface area contributed by atoms with Crippen molar-refractivity contribution in [2.24, 2.45) is 5.10 Å². The number of rotatable bonds is 6. The second kappa shape index (κ2) is 11.4. The number of ether oxygens (including phenoxy) is 2. The standard InChI is InChI=1S/C24H17ClF3N3O5/c1-35-20-11-14(5-10-19(20)36-23(34)15-3-2-4-17(25)12-15)13-29-31-22(33)21(32)30-18-8-6-16(7-9-18)24(26,27)28/h2-13H,1H3,(H,30,32)(H,31,33)/b29-13+. The highest BCUT2D eigenvalue weighted by atomic mass is 35.5. The van der Waals surface area contributed by atoms with E-state index in [9.17, 15) is 27.6 Å². The van der Waals surface area contributed by atoms with Gasteiger partial charge in [-0.05, 0) is 66.2 Å². The van der Waals surface area contributed by atoms with E-state index < -0.39 is 29.5 Å². The number of methoxy groups -OCH3 is 1. The van der Waals surface area contributed by atoms with Gasteiger partial charge in [-0.2, -0.15) is 18.3 Å². The summed E-state index contributed by atoms with van der Waals surface area (Å²) in [6.07, 6.45) is -3.32.